The van der Waals surface area contributed by atoms with Crippen LogP contribution < -0.4 is 5.32 Å². The first-order valence-corrected chi connectivity index (χ1v) is 10.8. The Kier molecular flexibility index (Phi) is 6.54. The second-order valence-electron chi connectivity index (χ2n) is 6.78. The number of aromatic nitrogens is 1. The maximum absolute atomic E-state index is 12.8. The van der Waals surface area contributed by atoms with Gasteiger partial charge in [0.05, 0.1) is 23.8 Å². The molecule has 1 atom stereocenters. The number of anilines is 1. The molecule has 1 aromatic heterocycles. The molecule has 1 fully saturated rings. The normalized spacial score (nSPS) is 16.1. The van der Waals surface area contributed by atoms with Gasteiger partial charge in [-0.3, -0.25) is 4.79 Å². The van der Waals surface area contributed by atoms with E-state index in [2.05, 4.69) is 10.5 Å². The van der Waals surface area contributed by atoms with Crippen LogP contribution in [0.2, 0.25) is 0 Å². The van der Waals surface area contributed by atoms with Crippen molar-refractivity contribution in [2.45, 2.75) is 31.8 Å². The lowest BCUT2D eigenvalue weighted by Gasteiger charge is -2.26. The highest BCUT2D eigenvalue weighted by molar-refractivity contribution is 7.89. The van der Waals surface area contributed by atoms with E-state index in [4.69, 9.17) is 14.0 Å². The lowest BCUT2D eigenvalue weighted by Crippen LogP contribution is -2.40. The van der Waals surface area contributed by atoms with Gasteiger partial charge < -0.3 is 19.3 Å². The minimum Gasteiger partial charge on any atom is -0.449 e. The Morgan fingerprint density at radius 2 is 1.93 bits per heavy atom. The zero-order chi connectivity index (χ0) is 21.9. The van der Waals surface area contributed by atoms with Crippen molar-refractivity contribution in [1.82, 2.24) is 9.46 Å². The molecule has 0 radical (unpaired) electrons. The highest BCUT2D eigenvalue weighted by Crippen LogP contribution is 2.21. The number of amides is 1. The van der Waals surface area contributed by atoms with Crippen LogP contribution in [0.15, 0.2) is 33.7 Å². The molecule has 30 heavy (non-hydrogen) atoms. The SMILES string of the molecule is Cc1noc(C)c1C(=O)OC(C)C(=O)Nc1cccc(S(=O)(=O)N2CCOCC2)c1. The number of carbonyl (C=O) groups excluding carboxylic acids is 2. The second-order valence-corrected chi connectivity index (χ2v) is 8.72. The summed E-state index contributed by atoms with van der Waals surface area (Å²) in [4.78, 5) is 24.8. The molecule has 10 nitrogen and oxygen atoms in total. The minimum absolute atomic E-state index is 0.0579. The number of benzene rings is 1. The van der Waals surface area contributed by atoms with Crippen LogP contribution in [0.1, 0.15) is 28.7 Å². The molecular formula is C19H23N3O7S. The van der Waals surface area contributed by atoms with Crippen LogP contribution >= 0.6 is 0 Å². The minimum atomic E-state index is -3.70. The van der Waals surface area contributed by atoms with Gasteiger partial charge in [0.2, 0.25) is 10.0 Å². The van der Waals surface area contributed by atoms with E-state index in [9.17, 15) is 18.0 Å². The lowest BCUT2D eigenvalue weighted by molar-refractivity contribution is -0.123. The molecule has 1 amide bonds. The summed E-state index contributed by atoms with van der Waals surface area (Å²) in [7, 11) is -3.70. The number of rotatable bonds is 6. The second kappa shape index (κ2) is 8.94. The Morgan fingerprint density at radius 1 is 1.23 bits per heavy atom. The van der Waals surface area contributed by atoms with Crippen molar-refractivity contribution in [3.05, 3.63) is 41.3 Å². The number of sulfonamides is 1. The smallest absolute Gasteiger partial charge is 0.344 e. The van der Waals surface area contributed by atoms with Gasteiger partial charge in [-0.15, -0.1) is 0 Å². The summed E-state index contributed by atoms with van der Waals surface area (Å²) in [6, 6.07) is 5.91. The summed E-state index contributed by atoms with van der Waals surface area (Å²) in [6.07, 6.45) is -1.12. The van der Waals surface area contributed by atoms with Crippen LogP contribution in [0, 0.1) is 13.8 Å². The Balaban J connectivity index is 1.68. The summed E-state index contributed by atoms with van der Waals surface area (Å²) in [5.41, 5.74) is 0.814. The zero-order valence-electron chi connectivity index (χ0n) is 16.9. The molecule has 11 heteroatoms. The first kappa shape index (κ1) is 21.9. The topological polar surface area (TPSA) is 128 Å². The first-order chi connectivity index (χ1) is 14.2. The molecular weight excluding hydrogens is 414 g/mol. The Morgan fingerprint density at radius 3 is 2.57 bits per heavy atom. The maximum atomic E-state index is 12.8. The molecule has 1 N–H and O–H groups in total. The summed E-state index contributed by atoms with van der Waals surface area (Å²) in [6.45, 7) is 5.80. The molecule has 1 aromatic carbocycles. The van der Waals surface area contributed by atoms with Crippen molar-refractivity contribution in [3.63, 3.8) is 0 Å². The molecule has 162 valence electrons. The highest BCUT2D eigenvalue weighted by atomic mass is 32.2. The quantitative estimate of drug-likeness (QED) is 0.674. The van der Waals surface area contributed by atoms with E-state index in [0.29, 0.717) is 24.7 Å². The van der Waals surface area contributed by atoms with Gasteiger partial charge in [-0.2, -0.15) is 4.31 Å². The van der Waals surface area contributed by atoms with Gasteiger partial charge in [0.25, 0.3) is 5.91 Å². The van der Waals surface area contributed by atoms with E-state index in [1.807, 2.05) is 0 Å². The maximum Gasteiger partial charge on any atom is 0.344 e. The van der Waals surface area contributed by atoms with Crippen LogP contribution in [0.3, 0.4) is 0 Å². The third kappa shape index (κ3) is 4.69. The average molecular weight is 437 g/mol. The number of nitrogens with one attached hydrogen (secondary N) is 1. The fourth-order valence-corrected chi connectivity index (χ4v) is 4.42. The largest absolute Gasteiger partial charge is 0.449 e. The van der Waals surface area contributed by atoms with Crippen molar-refractivity contribution < 1.29 is 32.0 Å². The molecule has 3 rings (SSSR count). The third-order valence-electron chi connectivity index (χ3n) is 4.60. The van der Waals surface area contributed by atoms with Crippen molar-refractivity contribution in [2.75, 3.05) is 31.6 Å². The van der Waals surface area contributed by atoms with Gasteiger partial charge in [-0.25, -0.2) is 13.2 Å². The molecule has 1 unspecified atom stereocenters. The number of hydrogen-bond acceptors (Lipinski definition) is 8. The highest BCUT2D eigenvalue weighted by Gasteiger charge is 2.27. The molecule has 2 aromatic rings. The number of esters is 1. The molecule has 0 saturated carbocycles. The molecule has 0 aliphatic carbocycles. The van der Waals surface area contributed by atoms with Crippen LogP contribution in [0.25, 0.3) is 0 Å². The molecule has 2 heterocycles. The van der Waals surface area contributed by atoms with Crippen LogP contribution in [0.4, 0.5) is 5.69 Å². The zero-order valence-corrected chi connectivity index (χ0v) is 17.7. The summed E-state index contributed by atoms with van der Waals surface area (Å²) in [5, 5.41) is 6.26. The van der Waals surface area contributed by atoms with E-state index < -0.39 is 28.0 Å². The van der Waals surface area contributed by atoms with Gasteiger partial charge >= 0.3 is 5.97 Å². The molecule has 0 spiro atoms. The number of ether oxygens (including phenoxy) is 2. The Hall–Kier alpha value is -2.76. The molecule has 1 saturated heterocycles. The average Bonchev–Trinajstić information content (AvgIpc) is 3.07. The van der Waals surface area contributed by atoms with Gasteiger partial charge in [-0.05, 0) is 39.0 Å². The predicted octanol–water partition coefficient (Wildman–Crippen LogP) is 1.50. The van der Waals surface area contributed by atoms with E-state index in [1.54, 1.807) is 19.9 Å². The first-order valence-electron chi connectivity index (χ1n) is 9.33. The number of morpholine rings is 1. The van der Waals surface area contributed by atoms with Gasteiger partial charge in [0, 0.05) is 18.8 Å². The van der Waals surface area contributed by atoms with Crippen LogP contribution in [-0.2, 0) is 24.3 Å². The van der Waals surface area contributed by atoms with Crippen molar-refractivity contribution in [2.24, 2.45) is 0 Å². The van der Waals surface area contributed by atoms with E-state index in [-0.39, 0.29) is 29.2 Å². The summed E-state index contributed by atoms with van der Waals surface area (Å²) >= 11 is 0. The van der Waals surface area contributed by atoms with E-state index in [1.165, 1.54) is 29.4 Å². The fourth-order valence-electron chi connectivity index (χ4n) is 2.96. The fraction of sp³-hybridized carbons (Fsp3) is 0.421. The summed E-state index contributed by atoms with van der Waals surface area (Å²) < 4.78 is 42.2. The lowest BCUT2D eigenvalue weighted by atomic mass is 10.2. The monoisotopic (exact) mass is 437 g/mol. The standard InChI is InChI=1S/C19H23N3O7S/c1-12-17(13(2)29-21-12)19(24)28-14(3)18(23)20-15-5-4-6-16(11-15)30(25,26)22-7-9-27-10-8-22/h4-6,11,14H,7-10H2,1-3H3,(H,20,23). The van der Waals surface area contributed by atoms with Crippen molar-refractivity contribution in [1.29, 1.82) is 0 Å². The molecule has 1 aliphatic rings. The van der Waals surface area contributed by atoms with Crippen molar-refractivity contribution in [3.8, 4) is 0 Å². The number of aryl methyl sites for hydroxylation is 2. The Labute approximate surface area is 174 Å². The predicted molar refractivity (Wildman–Crippen MR) is 106 cm³/mol. The Bertz CT molecular complexity index is 1020. The van der Waals surface area contributed by atoms with Crippen LogP contribution in [-0.4, -0.2) is 62.2 Å². The molecule has 1 aliphatic heterocycles. The van der Waals surface area contributed by atoms with Gasteiger partial charge in [0.15, 0.2) is 6.10 Å². The van der Waals surface area contributed by atoms with Gasteiger partial charge in [0.1, 0.15) is 11.3 Å². The van der Waals surface area contributed by atoms with Crippen LogP contribution in [0.5, 0.6) is 0 Å². The molecule has 0 bridgehead atoms. The summed E-state index contributed by atoms with van der Waals surface area (Å²) in [5.74, 6) is -1.03. The van der Waals surface area contributed by atoms with E-state index in [0.717, 1.165) is 0 Å². The number of hydrogen-bond donors (Lipinski definition) is 1. The number of nitrogens with zero attached hydrogens (tertiary/aromatic N) is 2. The van der Waals surface area contributed by atoms with Crippen molar-refractivity contribution >= 4 is 27.6 Å². The van der Waals surface area contributed by atoms with E-state index >= 15 is 0 Å². The van der Waals surface area contributed by atoms with Gasteiger partial charge in [-0.1, -0.05) is 11.2 Å². The number of carbonyl (C=O) groups is 2. The third-order valence-corrected chi connectivity index (χ3v) is 6.49.